The van der Waals surface area contributed by atoms with Gasteiger partial charge in [0.2, 0.25) is 5.91 Å². The summed E-state index contributed by atoms with van der Waals surface area (Å²) in [7, 11) is 0. The standard InChI is InChI=1S/C16H21FN2OS/c17-14-8-7-12(10-13(14)16(18)21)19-15(20)9-11-5-3-1-2-4-6-11/h7-8,10-11H,1-6,9H2,(H2,18,21)(H,19,20). The van der Waals surface area contributed by atoms with Crippen molar-refractivity contribution in [2.24, 2.45) is 11.7 Å². The number of nitrogens with two attached hydrogens (primary N) is 1. The van der Waals surface area contributed by atoms with Crippen molar-refractivity contribution in [2.45, 2.75) is 44.9 Å². The van der Waals surface area contributed by atoms with Crippen molar-refractivity contribution in [3.05, 3.63) is 29.6 Å². The summed E-state index contributed by atoms with van der Waals surface area (Å²) < 4.78 is 13.5. The van der Waals surface area contributed by atoms with Crippen LogP contribution in [0.4, 0.5) is 10.1 Å². The average Bonchev–Trinajstić information content (AvgIpc) is 2.69. The number of hydrogen-bond acceptors (Lipinski definition) is 2. The van der Waals surface area contributed by atoms with Gasteiger partial charge in [0.25, 0.3) is 0 Å². The molecular formula is C16H21FN2OS. The second kappa shape index (κ2) is 7.50. The molecule has 5 heteroatoms. The lowest BCUT2D eigenvalue weighted by molar-refractivity contribution is -0.117. The largest absolute Gasteiger partial charge is 0.389 e. The molecule has 3 nitrogen and oxygen atoms in total. The molecule has 21 heavy (non-hydrogen) atoms. The van der Waals surface area contributed by atoms with Crippen LogP contribution in [0.15, 0.2) is 18.2 Å². The molecule has 1 saturated carbocycles. The van der Waals surface area contributed by atoms with E-state index in [1.807, 2.05) is 0 Å². The topological polar surface area (TPSA) is 55.1 Å². The van der Waals surface area contributed by atoms with Crippen molar-refractivity contribution in [1.82, 2.24) is 0 Å². The summed E-state index contributed by atoms with van der Waals surface area (Å²) in [5.41, 5.74) is 6.16. The van der Waals surface area contributed by atoms with E-state index in [1.54, 1.807) is 0 Å². The molecule has 0 heterocycles. The van der Waals surface area contributed by atoms with Crippen LogP contribution in [0.1, 0.15) is 50.5 Å². The van der Waals surface area contributed by atoms with Crippen LogP contribution < -0.4 is 11.1 Å². The Hall–Kier alpha value is -1.49. The predicted molar refractivity (Wildman–Crippen MR) is 86.7 cm³/mol. The SMILES string of the molecule is NC(=S)c1cc(NC(=O)CC2CCCCCC2)ccc1F. The Labute approximate surface area is 130 Å². The lowest BCUT2D eigenvalue weighted by Gasteiger charge is -2.14. The fourth-order valence-corrected chi connectivity index (χ4v) is 2.99. The molecule has 0 saturated heterocycles. The van der Waals surface area contributed by atoms with Gasteiger partial charge in [0.05, 0.1) is 0 Å². The third-order valence-electron chi connectivity index (χ3n) is 3.96. The molecule has 114 valence electrons. The molecule has 1 amide bonds. The molecule has 0 aliphatic heterocycles. The monoisotopic (exact) mass is 308 g/mol. The number of rotatable bonds is 4. The van der Waals surface area contributed by atoms with E-state index >= 15 is 0 Å². The maximum atomic E-state index is 13.5. The molecular weight excluding hydrogens is 287 g/mol. The van der Waals surface area contributed by atoms with Crippen molar-refractivity contribution in [2.75, 3.05) is 5.32 Å². The summed E-state index contributed by atoms with van der Waals surface area (Å²) in [6, 6.07) is 4.29. The third-order valence-corrected chi connectivity index (χ3v) is 4.18. The Morgan fingerprint density at radius 1 is 1.29 bits per heavy atom. The van der Waals surface area contributed by atoms with Crippen LogP contribution in [0.25, 0.3) is 0 Å². The molecule has 0 atom stereocenters. The second-order valence-electron chi connectivity index (χ2n) is 5.67. The lowest BCUT2D eigenvalue weighted by atomic mass is 9.96. The highest BCUT2D eigenvalue weighted by molar-refractivity contribution is 7.80. The molecule has 1 aliphatic carbocycles. The zero-order valence-corrected chi connectivity index (χ0v) is 12.8. The number of carbonyl (C=O) groups is 1. The number of amides is 1. The van der Waals surface area contributed by atoms with Crippen molar-refractivity contribution >= 4 is 28.8 Å². The highest BCUT2D eigenvalue weighted by atomic mass is 32.1. The first-order valence-electron chi connectivity index (χ1n) is 7.45. The Morgan fingerprint density at radius 2 is 1.95 bits per heavy atom. The number of halogens is 1. The average molecular weight is 308 g/mol. The van der Waals surface area contributed by atoms with E-state index in [4.69, 9.17) is 18.0 Å². The Bertz CT molecular complexity index is 525. The summed E-state index contributed by atoms with van der Waals surface area (Å²) in [6.07, 6.45) is 7.73. The summed E-state index contributed by atoms with van der Waals surface area (Å²) in [5.74, 6) is -0.0327. The van der Waals surface area contributed by atoms with Crippen LogP contribution >= 0.6 is 12.2 Å². The Balaban J connectivity index is 1.95. The van der Waals surface area contributed by atoms with Crippen LogP contribution in [0.2, 0.25) is 0 Å². The first-order valence-corrected chi connectivity index (χ1v) is 7.86. The van der Waals surface area contributed by atoms with Gasteiger partial charge in [0.1, 0.15) is 10.8 Å². The molecule has 0 spiro atoms. The zero-order valence-electron chi connectivity index (χ0n) is 12.0. The number of carbonyl (C=O) groups excluding carboxylic acids is 1. The lowest BCUT2D eigenvalue weighted by Crippen LogP contribution is -2.17. The van der Waals surface area contributed by atoms with Crippen molar-refractivity contribution in [1.29, 1.82) is 0 Å². The Kier molecular flexibility index (Phi) is 5.67. The van der Waals surface area contributed by atoms with Gasteiger partial charge < -0.3 is 11.1 Å². The Morgan fingerprint density at radius 3 is 2.57 bits per heavy atom. The fourth-order valence-electron chi connectivity index (χ4n) is 2.83. The number of thiocarbonyl (C=S) groups is 1. The van der Waals surface area contributed by atoms with Crippen molar-refractivity contribution in [3.8, 4) is 0 Å². The quantitative estimate of drug-likeness (QED) is 0.658. The summed E-state index contributed by atoms with van der Waals surface area (Å²) in [5, 5.41) is 2.81. The number of nitrogens with one attached hydrogen (secondary N) is 1. The number of benzene rings is 1. The summed E-state index contributed by atoms with van der Waals surface area (Å²) >= 11 is 4.79. The molecule has 3 N–H and O–H groups in total. The van der Waals surface area contributed by atoms with E-state index in [1.165, 1.54) is 43.9 Å². The number of anilines is 1. The van der Waals surface area contributed by atoms with Gasteiger partial charge in [-0.15, -0.1) is 0 Å². The van der Waals surface area contributed by atoms with Gasteiger partial charge in [-0.1, -0.05) is 37.9 Å². The van der Waals surface area contributed by atoms with Gasteiger partial charge in [0.15, 0.2) is 0 Å². The molecule has 1 aromatic carbocycles. The number of hydrogen-bond donors (Lipinski definition) is 2. The highest BCUT2D eigenvalue weighted by Crippen LogP contribution is 2.26. The van der Waals surface area contributed by atoms with Crippen LogP contribution in [-0.2, 0) is 4.79 Å². The first kappa shape index (κ1) is 15.9. The van der Waals surface area contributed by atoms with Gasteiger partial charge in [-0.25, -0.2) is 4.39 Å². The summed E-state index contributed by atoms with van der Waals surface area (Å²) in [4.78, 5) is 12.1. The van der Waals surface area contributed by atoms with E-state index in [9.17, 15) is 9.18 Å². The zero-order chi connectivity index (χ0) is 15.2. The molecule has 0 unspecified atom stereocenters. The van der Waals surface area contributed by atoms with Crippen LogP contribution in [0, 0.1) is 11.7 Å². The van der Waals surface area contributed by atoms with E-state index < -0.39 is 5.82 Å². The minimum absolute atomic E-state index is 0.00707. The van der Waals surface area contributed by atoms with Crippen LogP contribution in [0.5, 0.6) is 0 Å². The minimum Gasteiger partial charge on any atom is -0.389 e. The van der Waals surface area contributed by atoms with Gasteiger partial charge in [0, 0.05) is 17.7 Å². The predicted octanol–water partition coefficient (Wildman–Crippen LogP) is 3.76. The van der Waals surface area contributed by atoms with E-state index in [0.29, 0.717) is 18.0 Å². The van der Waals surface area contributed by atoms with E-state index in [2.05, 4.69) is 5.32 Å². The van der Waals surface area contributed by atoms with Crippen molar-refractivity contribution in [3.63, 3.8) is 0 Å². The smallest absolute Gasteiger partial charge is 0.224 e. The van der Waals surface area contributed by atoms with Crippen LogP contribution in [0.3, 0.4) is 0 Å². The first-order chi connectivity index (χ1) is 10.1. The highest BCUT2D eigenvalue weighted by Gasteiger charge is 2.16. The second-order valence-corrected chi connectivity index (χ2v) is 6.11. The molecule has 0 radical (unpaired) electrons. The molecule has 1 aromatic rings. The van der Waals surface area contributed by atoms with Gasteiger partial charge in [-0.3, -0.25) is 4.79 Å². The molecule has 0 bridgehead atoms. The molecule has 2 rings (SSSR count). The molecule has 1 fully saturated rings. The molecule has 0 aromatic heterocycles. The maximum Gasteiger partial charge on any atom is 0.224 e. The van der Waals surface area contributed by atoms with E-state index in [-0.39, 0.29) is 16.5 Å². The van der Waals surface area contributed by atoms with Crippen LogP contribution in [-0.4, -0.2) is 10.9 Å². The summed E-state index contributed by atoms with van der Waals surface area (Å²) in [6.45, 7) is 0. The fraction of sp³-hybridized carbons (Fsp3) is 0.500. The van der Waals surface area contributed by atoms with E-state index in [0.717, 1.165) is 12.8 Å². The van der Waals surface area contributed by atoms with Gasteiger partial charge in [-0.2, -0.15) is 0 Å². The van der Waals surface area contributed by atoms with Gasteiger partial charge in [-0.05, 0) is 37.0 Å². The third kappa shape index (κ3) is 4.77. The van der Waals surface area contributed by atoms with Gasteiger partial charge >= 0.3 is 0 Å². The minimum atomic E-state index is -0.468. The van der Waals surface area contributed by atoms with Crippen molar-refractivity contribution < 1.29 is 9.18 Å². The maximum absolute atomic E-state index is 13.5. The molecule has 1 aliphatic rings. The normalized spacial score (nSPS) is 16.2.